The number of morpholine rings is 1. The van der Waals surface area contributed by atoms with E-state index in [-0.39, 0.29) is 6.10 Å². The molecular weight excluding hydrogens is 501 g/mol. The molecule has 6 rings (SSSR count). The Kier molecular flexibility index (Phi) is 6.87. The van der Waals surface area contributed by atoms with Crippen molar-refractivity contribution in [1.29, 1.82) is 0 Å². The molecule has 35 heavy (non-hydrogen) atoms. The topological polar surface area (TPSA) is 78.2 Å². The zero-order valence-electron chi connectivity index (χ0n) is 19.9. The van der Waals surface area contributed by atoms with E-state index in [1.54, 1.807) is 34.4 Å². The normalized spacial score (nSPS) is 19.2. The van der Waals surface area contributed by atoms with Crippen LogP contribution in [0, 0.1) is 13.8 Å². The van der Waals surface area contributed by atoms with E-state index in [1.165, 1.54) is 10.4 Å². The van der Waals surface area contributed by atoms with Crippen molar-refractivity contribution in [2.24, 2.45) is 0 Å². The van der Waals surface area contributed by atoms with Gasteiger partial charge in [-0.05, 0) is 55.5 Å². The van der Waals surface area contributed by atoms with Gasteiger partial charge in [-0.25, -0.2) is 9.97 Å². The molecule has 8 nitrogen and oxygen atoms in total. The molecule has 0 saturated carbocycles. The van der Waals surface area contributed by atoms with Crippen molar-refractivity contribution in [3.8, 4) is 10.7 Å². The van der Waals surface area contributed by atoms with Gasteiger partial charge in [-0.2, -0.15) is 0 Å². The summed E-state index contributed by atoms with van der Waals surface area (Å²) >= 11 is 5.03. The fourth-order valence-corrected chi connectivity index (χ4v) is 7.41. The molecule has 0 spiro atoms. The lowest BCUT2D eigenvalue weighted by Crippen LogP contribution is -2.36. The zero-order chi connectivity index (χ0) is 23.8. The molecule has 4 aromatic rings. The summed E-state index contributed by atoms with van der Waals surface area (Å²) in [5.74, 6) is 1.75. The number of nitrogens with zero attached hydrogens (tertiary/aromatic N) is 6. The van der Waals surface area contributed by atoms with E-state index in [4.69, 9.17) is 19.4 Å². The second kappa shape index (κ2) is 10.2. The van der Waals surface area contributed by atoms with Crippen LogP contribution < -0.4 is 0 Å². The summed E-state index contributed by atoms with van der Waals surface area (Å²) in [7, 11) is 0. The van der Waals surface area contributed by atoms with Crippen LogP contribution in [0.2, 0.25) is 0 Å². The quantitative estimate of drug-likeness (QED) is 0.317. The second-order valence-corrected chi connectivity index (χ2v) is 12.0. The number of rotatable bonds is 7. The van der Waals surface area contributed by atoms with E-state index < -0.39 is 0 Å². The lowest BCUT2D eigenvalue weighted by molar-refractivity contribution is 0.0330. The van der Waals surface area contributed by atoms with E-state index in [9.17, 15) is 0 Å². The van der Waals surface area contributed by atoms with Crippen LogP contribution in [-0.4, -0.2) is 68.6 Å². The Morgan fingerprint density at radius 2 is 2.03 bits per heavy atom. The smallest absolute Gasteiger partial charge is 0.197 e. The number of aromatic nitrogens is 5. The molecule has 0 aromatic carbocycles. The fraction of sp³-hybridized carbons (Fsp3) is 0.500. The van der Waals surface area contributed by atoms with Crippen molar-refractivity contribution in [2.45, 2.75) is 56.1 Å². The summed E-state index contributed by atoms with van der Waals surface area (Å²) in [4.78, 5) is 15.8. The Hall–Kier alpha value is -1.89. The van der Waals surface area contributed by atoms with Gasteiger partial charge in [0.25, 0.3) is 0 Å². The minimum atomic E-state index is 0.191. The van der Waals surface area contributed by atoms with Gasteiger partial charge in [-0.3, -0.25) is 9.47 Å². The summed E-state index contributed by atoms with van der Waals surface area (Å²) in [6.45, 7) is 9.97. The third-order valence-corrected chi connectivity index (χ3v) is 9.51. The molecule has 1 atom stereocenters. The fourth-order valence-electron chi connectivity index (χ4n) is 4.55. The SMILES string of the molecule is Cc1sc2nc(CN3CCOCC3)nc(Sc3nnc(-c4cccs4)n3C[C@@H]3CCCO3)c2c1C. The first-order valence-corrected chi connectivity index (χ1v) is 14.5. The highest BCUT2D eigenvalue weighted by atomic mass is 32.2. The third-order valence-electron chi connectivity index (χ3n) is 6.57. The van der Waals surface area contributed by atoms with E-state index in [2.05, 4.69) is 51.0 Å². The van der Waals surface area contributed by atoms with Crippen LogP contribution in [0.4, 0.5) is 0 Å². The first kappa shape index (κ1) is 23.5. The Morgan fingerprint density at radius 3 is 2.80 bits per heavy atom. The molecule has 6 heterocycles. The average Bonchev–Trinajstić information content (AvgIpc) is 3.65. The van der Waals surface area contributed by atoms with E-state index >= 15 is 0 Å². The van der Waals surface area contributed by atoms with Gasteiger partial charge in [-0.1, -0.05) is 6.07 Å². The molecule has 0 radical (unpaired) electrons. The molecule has 0 aliphatic carbocycles. The maximum absolute atomic E-state index is 5.98. The molecule has 2 fully saturated rings. The van der Waals surface area contributed by atoms with E-state index in [0.29, 0.717) is 0 Å². The Bertz CT molecular complexity index is 1310. The maximum Gasteiger partial charge on any atom is 0.197 e. The molecule has 11 heteroatoms. The first-order chi connectivity index (χ1) is 17.2. The number of hydrogen-bond donors (Lipinski definition) is 0. The molecule has 0 amide bonds. The van der Waals surface area contributed by atoms with Crippen LogP contribution in [0.3, 0.4) is 0 Å². The summed E-state index contributed by atoms with van der Waals surface area (Å²) in [5, 5.41) is 14.3. The minimum Gasteiger partial charge on any atom is -0.379 e. The zero-order valence-corrected chi connectivity index (χ0v) is 22.3. The lowest BCUT2D eigenvalue weighted by atomic mass is 10.2. The van der Waals surface area contributed by atoms with Gasteiger partial charge in [0, 0.05) is 30.0 Å². The predicted molar refractivity (Wildman–Crippen MR) is 139 cm³/mol. The monoisotopic (exact) mass is 528 g/mol. The Morgan fingerprint density at radius 1 is 1.14 bits per heavy atom. The van der Waals surface area contributed by atoms with Gasteiger partial charge in [0.2, 0.25) is 0 Å². The molecule has 0 N–H and O–H groups in total. The van der Waals surface area contributed by atoms with E-state index in [0.717, 1.165) is 95.8 Å². The van der Waals surface area contributed by atoms with Gasteiger partial charge >= 0.3 is 0 Å². The van der Waals surface area contributed by atoms with Crippen molar-refractivity contribution in [3.05, 3.63) is 33.8 Å². The van der Waals surface area contributed by atoms with E-state index in [1.807, 2.05) is 0 Å². The summed E-state index contributed by atoms with van der Waals surface area (Å²) in [6.07, 6.45) is 2.36. The molecule has 0 unspecified atom stereocenters. The Balaban J connectivity index is 1.39. The molecule has 2 aliphatic heterocycles. The molecular formula is C24H28N6O2S3. The van der Waals surface area contributed by atoms with Crippen LogP contribution in [0.25, 0.3) is 20.9 Å². The number of thiophene rings is 2. The predicted octanol–water partition coefficient (Wildman–Crippen LogP) is 4.79. The second-order valence-electron chi connectivity index (χ2n) is 8.93. The van der Waals surface area contributed by atoms with Crippen LogP contribution in [0.1, 0.15) is 29.1 Å². The minimum absolute atomic E-state index is 0.191. The van der Waals surface area contributed by atoms with Crippen LogP contribution in [-0.2, 0) is 22.6 Å². The number of hydrogen-bond acceptors (Lipinski definition) is 10. The van der Waals surface area contributed by atoms with Crippen LogP contribution >= 0.6 is 34.4 Å². The van der Waals surface area contributed by atoms with Crippen molar-refractivity contribution < 1.29 is 9.47 Å². The van der Waals surface area contributed by atoms with Crippen molar-refractivity contribution >= 4 is 44.7 Å². The molecule has 2 saturated heterocycles. The maximum atomic E-state index is 5.98. The number of ether oxygens (including phenoxy) is 2. The van der Waals surface area contributed by atoms with Gasteiger partial charge in [0.1, 0.15) is 15.7 Å². The Labute approximate surface area is 216 Å². The third kappa shape index (κ3) is 4.90. The average molecular weight is 529 g/mol. The lowest BCUT2D eigenvalue weighted by Gasteiger charge is -2.25. The van der Waals surface area contributed by atoms with Crippen molar-refractivity contribution in [2.75, 3.05) is 32.9 Å². The van der Waals surface area contributed by atoms with Gasteiger partial charge in [0.05, 0.1) is 37.3 Å². The van der Waals surface area contributed by atoms with Crippen LogP contribution in [0.15, 0.2) is 27.7 Å². The highest BCUT2D eigenvalue weighted by Gasteiger charge is 2.25. The molecule has 184 valence electrons. The van der Waals surface area contributed by atoms with Gasteiger partial charge < -0.3 is 9.47 Å². The summed E-state index contributed by atoms with van der Waals surface area (Å²) < 4.78 is 13.7. The first-order valence-electron chi connectivity index (χ1n) is 12.0. The van der Waals surface area contributed by atoms with Gasteiger partial charge in [0.15, 0.2) is 11.0 Å². The molecule has 2 aliphatic rings. The highest BCUT2D eigenvalue weighted by Crippen LogP contribution is 2.39. The summed E-state index contributed by atoms with van der Waals surface area (Å²) in [6, 6.07) is 4.16. The van der Waals surface area contributed by atoms with Gasteiger partial charge in [-0.15, -0.1) is 32.9 Å². The standard InChI is InChI=1S/C24H28N6O2S3/c1-15-16(2)34-22-20(15)23(26-19(25-22)14-29-7-10-31-11-8-29)35-24-28-27-21(18-6-4-12-33-18)30(24)13-17-5-3-9-32-17/h4,6,12,17H,3,5,7-11,13-14H2,1-2H3/t17-/m0/s1. The summed E-state index contributed by atoms with van der Waals surface area (Å²) in [5.41, 5.74) is 1.24. The highest BCUT2D eigenvalue weighted by molar-refractivity contribution is 7.99. The largest absolute Gasteiger partial charge is 0.379 e. The number of aryl methyl sites for hydroxylation is 2. The molecule has 4 aromatic heterocycles. The molecule has 0 bridgehead atoms. The van der Waals surface area contributed by atoms with Crippen molar-refractivity contribution in [3.63, 3.8) is 0 Å². The number of fused-ring (bicyclic) bond motifs is 1. The van der Waals surface area contributed by atoms with Crippen molar-refractivity contribution in [1.82, 2.24) is 29.6 Å². The van der Waals surface area contributed by atoms with Crippen LogP contribution in [0.5, 0.6) is 0 Å².